The van der Waals surface area contributed by atoms with E-state index in [2.05, 4.69) is 43.9 Å². The van der Waals surface area contributed by atoms with Gasteiger partial charge in [0.1, 0.15) is 12.4 Å². The van der Waals surface area contributed by atoms with Crippen LogP contribution in [0.15, 0.2) is 27.1 Å². The van der Waals surface area contributed by atoms with Crippen molar-refractivity contribution >= 4 is 31.9 Å². The Kier molecular flexibility index (Phi) is 5.46. The maximum Gasteiger partial charge on any atom is 0.131 e. The first kappa shape index (κ1) is 16.5. The highest BCUT2D eigenvalue weighted by molar-refractivity contribution is 9.10. The fourth-order valence-corrected chi connectivity index (χ4v) is 3.21. The molecule has 1 N–H and O–H groups in total. The number of aliphatic hydroxyl groups is 1. The molecule has 0 aliphatic heterocycles. The second-order valence-electron chi connectivity index (χ2n) is 4.83. The zero-order chi connectivity index (χ0) is 15.6. The van der Waals surface area contributed by atoms with E-state index < -0.39 is 6.10 Å². The molecule has 4 nitrogen and oxygen atoms in total. The van der Waals surface area contributed by atoms with Crippen molar-refractivity contribution in [2.45, 2.75) is 33.0 Å². The molecule has 0 spiro atoms. The summed E-state index contributed by atoms with van der Waals surface area (Å²) in [4.78, 5) is 0. The quantitative estimate of drug-likeness (QED) is 0.795. The number of aliphatic hydroxyl groups excluding tert-OH is 1. The Morgan fingerprint density at radius 2 is 2.10 bits per heavy atom. The molecule has 0 bridgehead atoms. The molecule has 0 fully saturated rings. The van der Waals surface area contributed by atoms with Crippen LogP contribution in [0.1, 0.15) is 36.9 Å². The topological polar surface area (TPSA) is 47.3 Å². The number of hydrogen-bond acceptors (Lipinski definition) is 3. The van der Waals surface area contributed by atoms with Crippen molar-refractivity contribution in [3.63, 3.8) is 0 Å². The lowest BCUT2D eigenvalue weighted by Crippen LogP contribution is -2.06. The predicted molar refractivity (Wildman–Crippen MR) is 89.4 cm³/mol. The highest BCUT2D eigenvalue weighted by Crippen LogP contribution is 2.30. The third-order valence-corrected chi connectivity index (χ3v) is 4.70. The molecular formula is C15H18Br2N2O2. The van der Waals surface area contributed by atoms with Crippen molar-refractivity contribution in [1.82, 2.24) is 9.78 Å². The molecule has 114 valence electrons. The third kappa shape index (κ3) is 3.67. The molecule has 6 heteroatoms. The highest BCUT2D eigenvalue weighted by atomic mass is 79.9. The van der Waals surface area contributed by atoms with E-state index in [1.807, 2.05) is 29.9 Å². The van der Waals surface area contributed by atoms with Crippen LogP contribution in [0.4, 0.5) is 0 Å². The average molecular weight is 418 g/mol. The number of aromatic nitrogens is 2. The lowest BCUT2D eigenvalue weighted by atomic mass is 10.1. The molecule has 0 saturated carbocycles. The number of benzene rings is 1. The van der Waals surface area contributed by atoms with Gasteiger partial charge in [0.05, 0.1) is 22.0 Å². The number of ether oxygens (including phenoxy) is 1. The maximum atomic E-state index is 9.85. The monoisotopic (exact) mass is 416 g/mol. The van der Waals surface area contributed by atoms with Crippen LogP contribution in [0.3, 0.4) is 0 Å². The van der Waals surface area contributed by atoms with Crippen LogP contribution in [0.5, 0.6) is 5.75 Å². The predicted octanol–water partition coefficient (Wildman–Crippen LogP) is 4.14. The van der Waals surface area contributed by atoms with Crippen LogP contribution in [0, 0.1) is 0 Å². The van der Waals surface area contributed by atoms with E-state index in [-0.39, 0.29) is 0 Å². The summed E-state index contributed by atoms with van der Waals surface area (Å²) in [5.74, 6) is 0.680. The van der Waals surface area contributed by atoms with Gasteiger partial charge in [-0.2, -0.15) is 5.10 Å². The lowest BCUT2D eigenvalue weighted by molar-refractivity contribution is 0.189. The fraction of sp³-hybridized carbons (Fsp3) is 0.400. The van der Waals surface area contributed by atoms with E-state index >= 15 is 0 Å². The molecule has 0 amide bonds. The van der Waals surface area contributed by atoms with E-state index in [0.29, 0.717) is 12.4 Å². The highest BCUT2D eigenvalue weighted by Gasteiger charge is 2.15. The van der Waals surface area contributed by atoms with Crippen LogP contribution in [0.25, 0.3) is 0 Å². The minimum absolute atomic E-state index is 0.394. The fourth-order valence-electron chi connectivity index (χ4n) is 2.10. The summed E-state index contributed by atoms with van der Waals surface area (Å²) in [6.45, 7) is 4.19. The van der Waals surface area contributed by atoms with Gasteiger partial charge in [-0.05, 0) is 47.5 Å². The molecule has 0 aliphatic carbocycles. The van der Waals surface area contributed by atoms with Gasteiger partial charge < -0.3 is 9.84 Å². The van der Waals surface area contributed by atoms with Gasteiger partial charge in [0.25, 0.3) is 0 Å². The second-order valence-corrected chi connectivity index (χ2v) is 6.54. The Hall–Kier alpha value is -0.850. The van der Waals surface area contributed by atoms with Gasteiger partial charge in [-0.3, -0.25) is 4.68 Å². The normalized spacial score (nSPS) is 12.5. The van der Waals surface area contributed by atoms with E-state index in [9.17, 15) is 5.11 Å². The van der Waals surface area contributed by atoms with Gasteiger partial charge in [0, 0.05) is 17.1 Å². The summed E-state index contributed by atoms with van der Waals surface area (Å²) in [6, 6.07) is 5.63. The first-order valence-electron chi connectivity index (χ1n) is 6.74. The van der Waals surface area contributed by atoms with Gasteiger partial charge in [0.2, 0.25) is 0 Å². The Bertz CT molecular complexity index is 639. The van der Waals surface area contributed by atoms with Crippen molar-refractivity contribution in [3.8, 4) is 5.75 Å². The maximum absolute atomic E-state index is 9.85. The molecule has 1 aromatic carbocycles. The Balaban J connectivity index is 2.23. The number of halogens is 2. The van der Waals surface area contributed by atoms with E-state index in [1.54, 1.807) is 6.92 Å². The van der Waals surface area contributed by atoms with Crippen molar-refractivity contribution in [2.24, 2.45) is 7.05 Å². The molecule has 2 rings (SSSR count). The van der Waals surface area contributed by atoms with Crippen molar-refractivity contribution in [2.75, 3.05) is 0 Å². The van der Waals surface area contributed by atoms with Crippen molar-refractivity contribution in [1.29, 1.82) is 0 Å². The smallest absolute Gasteiger partial charge is 0.131 e. The SMILES string of the molecule is CCc1nn(C)c(COc2ccc(Br)cc2[C@@H](C)O)c1Br. The van der Waals surface area contributed by atoms with Gasteiger partial charge >= 0.3 is 0 Å². The molecule has 0 saturated heterocycles. The van der Waals surface area contributed by atoms with Gasteiger partial charge in [-0.1, -0.05) is 22.9 Å². The molecule has 0 radical (unpaired) electrons. The van der Waals surface area contributed by atoms with E-state index in [0.717, 1.165) is 32.3 Å². The molecule has 0 unspecified atom stereocenters. The summed E-state index contributed by atoms with van der Waals surface area (Å²) < 4.78 is 9.62. The molecule has 0 aliphatic rings. The molecule has 1 atom stereocenters. The van der Waals surface area contributed by atoms with Crippen LogP contribution < -0.4 is 4.74 Å². The Morgan fingerprint density at radius 3 is 2.67 bits per heavy atom. The first-order valence-corrected chi connectivity index (χ1v) is 8.33. The molecule has 2 aromatic rings. The second kappa shape index (κ2) is 6.94. The number of aryl methyl sites for hydroxylation is 2. The zero-order valence-electron chi connectivity index (χ0n) is 12.2. The van der Waals surface area contributed by atoms with Crippen LogP contribution in [-0.4, -0.2) is 14.9 Å². The third-order valence-electron chi connectivity index (χ3n) is 3.29. The van der Waals surface area contributed by atoms with Gasteiger partial charge in [-0.15, -0.1) is 0 Å². The largest absolute Gasteiger partial charge is 0.487 e. The summed E-state index contributed by atoms with van der Waals surface area (Å²) in [5.41, 5.74) is 2.76. The summed E-state index contributed by atoms with van der Waals surface area (Å²) >= 11 is 6.98. The zero-order valence-corrected chi connectivity index (χ0v) is 15.4. The molecular weight excluding hydrogens is 400 g/mol. The standard InChI is InChI=1S/C15H18Br2N2O2/c1-4-12-15(17)13(19(3)18-12)8-21-14-6-5-10(16)7-11(14)9(2)20/h5-7,9,20H,4,8H2,1-3H3/t9-/m1/s1. The van der Waals surface area contributed by atoms with Crippen molar-refractivity contribution in [3.05, 3.63) is 44.1 Å². The number of hydrogen-bond donors (Lipinski definition) is 1. The first-order chi connectivity index (χ1) is 9.93. The number of rotatable bonds is 5. The Labute approximate surface area is 141 Å². The summed E-state index contributed by atoms with van der Waals surface area (Å²) in [5, 5.41) is 14.3. The molecule has 21 heavy (non-hydrogen) atoms. The van der Waals surface area contributed by atoms with Crippen LogP contribution >= 0.6 is 31.9 Å². The van der Waals surface area contributed by atoms with Gasteiger partial charge in [0.15, 0.2) is 0 Å². The summed E-state index contributed by atoms with van der Waals surface area (Å²) in [6.07, 6.45) is 0.282. The molecule has 1 aromatic heterocycles. The Morgan fingerprint density at radius 1 is 1.38 bits per heavy atom. The average Bonchev–Trinajstić information content (AvgIpc) is 2.72. The van der Waals surface area contributed by atoms with E-state index in [4.69, 9.17) is 4.74 Å². The van der Waals surface area contributed by atoms with Gasteiger partial charge in [-0.25, -0.2) is 0 Å². The van der Waals surface area contributed by atoms with Crippen LogP contribution in [-0.2, 0) is 20.1 Å². The number of nitrogens with zero attached hydrogens (tertiary/aromatic N) is 2. The van der Waals surface area contributed by atoms with Crippen LogP contribution in [0.2, 0.25) is 0 Å². The minimum atomic E-state index is -0.585. The summed E-state index contributed by atoms with van der Waals surface area (Å²) in [7, 11) is 1.90. The van der Waals surface area contributed by atoms with E-state index in [1.165, 1.54) is 0 Å². The minimum Gasteiger partial charge on any atom is -0.487 e. The van der Waals surface area contributed by atoms with Crippen molar-refractivity contribution < 1.29 is 9.84 Å². The lowest BCUT2D eigenvalue weighted by Gasteiger charge is -2.14. The molecule has 1 heterocycles.